The number of anilines is 2. The summed E-state index contributed by atoms with van der Waals surface area (Å²) in [6, 6.07) is 13.0. The molecule has 2 aromatic rings. The van der Waals surface area contributed by atoms with Crippen molar-refractivity contribution >= 4 is 23.2 Å². The average molecular weight is 384 g/mol. The summed E-state index contributed by atoms with van der Waals surface area (Å²) in [5.74, 6) is 0.852. The molecule has 0 heterocycles. The summed E-state index contributed by atoms with van der Waals surface area (Å²) >= 11 is 0. The first kappa shape index (κ1) is 21.3. The highest BCUT2D eigenvalue weighted by Crippen LogP contribution is 2.28. The van der Waals surface area contributed by atoms with Crippen molar-refractivity contribution < 1.29 is 19.1 Å². The molecule has 0 saturated carbocycles. The van der Waals surface area contributed by atoms with Gasteiger partial charge in [0.15, 0.2) is 0 Å². The number of rotatable bonds is 7. The molecule has 2 aromatic carbocycles. The van der Waals surface area contributed by atoms with Crippen LogP contribution >= 0.6 is 0 Å². The normalized spacial score (nSPS) is 10.9. The van der Waals surface area contributed by atoms with E-state index in [9.17, 15) is 9.59 Å². The van der Waals surface area contributed by atoms with Crippen LogP contribution in [-0.2, 0) is 15.0 Å². The van der Waals surface area contributed by atoms with Crippen molar-refractivity contribution in [3.63, 3.8) is 0 Å². The Morgan fingerprint density at radius 1 is 1.00 bits per heavy atom. The van der Waals surface area contributed by atoms with E-state index in [-0.39, 0.29) is 30.3 Å². The van der Waals surface area contributed by atoms with Gasteiger partial charge in [0.1, 0.15) is 11.5 Å². The first-order valence-corrected chi connectivity index (χ1v) is 9.18. The van der Waals surface area contributed by atoms with Gasteiger partial charge >= 0.3 is 0 Å². The molecule has 0 radical (unpaired) electrons. The van der Waals surface area contributed by atoms with Crippen LogP contribution in [0.2, 0.25) is 0 Å². The maximum absolute atomic E-state index is 12.3. The Hall–Kier alpha value is -3.02. The second-order valence-electron chi connectivity index (χ2n) is 7.52. The Morgan fingerprint density at radius 3 is 2.25 bits per heavy atom. The summed E-state index contributed by atoms with van der Waals surface area (Å²) < 4.78 is 10.9. The van der Waals surface area contributed by atoms with Crippen LogP contribution < -0.4 is 20.1 Å². The second-order valence-corrected chi connectivity index (χ2v) is 7.52. The van der Waals surface area contributed by atoms with E-state index in [0.717, 1.165) is 5.75 Å². The molecule has 2 N–H and O–H groups in total. The zero-order chi connectivity index (χ0) is 20.7. The second kappa shape index (κ2) is 9.26. The van der Waals surface area contributed by atoms with Crippen molar-refractivity contribution in [3.05, 3.63) is 48.0 Å². The molecule has 0 aliphatic heterocycles. The van der Waals surface area contributed by atoms with Gasteiger partial charge in [0, 0.05) is 12.6 Å². The summed E-state index contributed by atoms with van der Waals surface area (Å²) in [4.78, 5) is 23.5. The molecule has 0 spiro atoms. The van der Waals surface area contributed by atoms with Crippen molar-refractivity contribution in [1.82, 2.24) is 0 Å². The number of hydrogen-bond donors (Lipinski definition) is 2. The maximum Gasteiger partial charge on any atom is 0.227 e. The zero-order valence-electron chi connectivity index (χ0n) is 17.1. The summed E-state index contributed by atoms with van der Waals surface area (Å²) in [5, 5.41) is 5.47. The summed E-state index contributed by atoms with van der Waals surface area (Å²) in [5.41, 5.74) is 2.39. The number of nitrogens with one attached hydrogen (secondary N) is 2. The molecule has 0 aliphatic carbocycles. The molecule has 0 fully saturated rings. The van der Waals surface area contributed by atoms with Crippen molar-refractivity contribution in [2.45, 2.75) is 39.5 Å². The van der Waals surface area contributed by atoms with Gasteiger partial charge in [-0.25, -0.2) is 0 Å². The fourth-order valence-corrected chi connectivity index (χ4v) is 2.61. The molecule has 6 heteroatoms. The number of hydrogen-bond acceptors (Lipinski definition) is 4. The first-order valence-electron chi connectivity index (χ1n) is 9.18. The van der Waals surface area contributed by atoms with E-state index in [1.807, 2.05) is 24.3 Å². The van der Waals surface area contributed by atoms with E-state index in [1.54, 1.807) is 18.2 Å². The monoisotopic (exact) mass is 384 g/mol. The summed E-state index contributed by atoms with van der Waals surface area (Å²) in [6.45, 7) is 8.15. The minimum Gasteiger partial charge on any atom is -0.495 e. The summed E-state index contributed by atoms with van der Waals surface area (Å²) in [6.07, 6.45) is 0.189. The lowest BCUT2D eigenvalue weighted by Crippen LogP contribution is -2.16. The van der Waals surface area contributed by atoms with Gasteiger partial charge in [-0.2, -0.15) is 0 Å². The highest BCUT2D eigenvalue weighted by atomic mass is 16.5. The van der Waals surface area contributed by atoms with Gasteiger partial charge < -0.3 is 20.1 Å². The number of methoxy groups -OCH3 is 1. The standard InChI is InChI=1S/C22H28N2O4/c1-15(25)23-17-8-11-20(27-5)19(14-17)24-21(26)12-13-28-18-9-6-16(7-10-18)22(2,3)4/h6-11,14H,12-13H2,1-5H3,(H,23,25)(H,24,26). The molecule has 0 aromatic heterocycles. The minimum absolute atomic E-state index is 0.0866. The highest BCUT2D eigenvalue weighted by Gasteiger charge is 2.13. The van der Waals surface area contributed by atoms with Crippen molar-refractivity contribution in [1.29, 1.82) is 0 Å². The van der Waals surface area contributed by atoms with Gasteiger partial charge in [-0.15, -0.1) is 0 Å². The molecule has 0 bridgehead atoms. The van der Waals surface area contributed by atoms with Crippen molar-refractivity contribution in [2.75, 3.05) is 24.4 Å². The zero-order valence-corrected chi connectivity index (χ0v) is 17.1. The van der Waals surface area contributed by atoms with Gasteiger partial charge in [0.2, 0.25) is 11.8 Å². The van der Waals surface area contributed by atoms with Crippen molar-refractivity contribution in [2.24, 2.45) is 0 Å². The average Bonchev–Trinajstić information content (AvgIpc) is 2.61. The Bertz CT molecular complexity index is 823. The van der Waals surface area contributed by atoms with Crippen LogP contribution in [0.1, 0.15) is 39.7 Å². The highest BCUT2D eigenvalue weighted by molar-refractivity contribution is 5.95. The largest absolute Gasteiger partial charge is 0.495 e. The van der Waals surface area contributed by atoms with Gasteiger partial charge in [-0.1, -0.05) is 32.9 Å². The minimum atomic E-state index is -0.204. The van der Waals surface area contributed by atoms with Crippen LogP contribution in [0, 0.1) is 0 Å². The molecule has 2 rings (SSSR count). The van der Waals surface area contributed by atoms with Crippen LogP contribution in [0.5, 0.6) is 11.5 Å². The smallest absolute Gasteiger partial charge is 0.227 e. The van der Waals surface area contributed by atoms with Crippen LogP contribution in [0.3, 0.4) is 0 Å². The Balaban J connectivity index is 1.91. The molecular formula is C22H28N2O4. The maximum atomic E-state index is 12.3. The van der Waals surface area contributed by atoms with E-state index < -0.39 is 0 Å². The van der Waals surface area contributed by atoms with E-state index in [2.05, 4.69) is 31.4 Å². The molecule has 2 amide bonds. The molecule has 150 valence electrons. The van der Waals surface area contributed by atoms with Gasteiger partial charge in [-0.3, -0.25) is 9.59 Å². The fourth-order valence-electron chi connectivity index (χ4n) is 2.61. The molecule has 0 aliphatic rings. The van der Waals surface area contributed by atoms with E-state index >= 15 is 0 Å². The quantitative estimate of drug-likeness (QED) is 0.744. The predicted octanol–water partition coefficient (Wildman–Crippen LogP) is 4.36. The molecule has 0 atom stereocenters. The number of ether oxygens (including phenoxy) is 2. The summed E-state index contributed by atoms with van der Waals surface area (Å²) in [7, 11) is 1.52. The Morgan fingerprint density at radius 2 is 1.68 bits per heavy atom. The number of carbonyl (C=O) groups is 2. The molecule has 0 unspecified atom stereocenters. The number of amides is 2. The lowest BCUT2D eigenvalue weighted by Gasteiger charge is -2.19. The van der Waals surface area contributed by atoms with E-state index in [1.165, 1.54) is 19.6 Å². The van der Waals surface area contributed by atoms with Crippen LogP contribution in [0.4, 0.5) is 11.4 Å². The van der Waals surface area contributed by atoms with Crippen molar-refractivity contribution in [3.8, 4) is 11.5 Å². The molecular weight excluding hydrogens is 356 g/mol. The lowest BCUT2D eigenvalue weighted by atomic mass is 9.87. The molecule has 6 nitrogen and oxygen atoms in total. The third kappa shape index (κ3) is 6.30. The predicted molar refractivity (Wildman–Crippen MR) is 111 cm³/mol. The van der Waals surface area contributed by atoms with E-state index in [4.69, 9.17) is 9.47 Å². The first-order chi connectivity index (χ1) is 13.2. The molecule has 28 heavy (non-hydrogen) atoms. The lowest BCUT2D eigenvalue weighted by molar-refractivity contribution is -0.116. The molecule has 0 saturated heterocycles. The van der Waals surface area contributed by atoms with Gasteiger partial charge in [-0.05, 0) is 41.3 Å². The van der Waals surface area contributed by atoms with Crippen LogP contribution in [0.15, 0.2) is 42.5 Å². The fraction of sp³-hybridized carbons (Fsp3) is 0.364. The topological polar surface area (TPSA) is 76.7 Å². The number of carbonyl (C=O) groups excluding carboxylic acids is 2. The Labute approximate surface area is 166 Å². The van der Waals surface area contributed by atoms with E-state index in [0.29, 0.717) is 17.1 Å². The van der Waals surface area contributed by atoms with Crippen LogP contribution in [-0.4, -0.2) is 25.5 Å². The third-order valence-electron chi connectivity index (χ3n) is 4.11. The van der Waals surface area contributed by atoms with Gasteiger partial charge in [0.25, 0.3) is 0 Å². The van der Waals surface area contributed by atoms with Crippen LogP contribution in [0.25, 0.3) is 0 Å². The SMILES string of the molecule is COc1ccc(NC(C)=O)cc1NC(=O)CCOc1ccc(C(C)(C)C)cc1. The number of benzene rings is 2. The van der Waals surface area contributed by atoms with Gasteiger partial charge in [0.05, 0.1) is 25.8 Å². The third-order valence-corrected chi connectivity index (χ3v) is 4.11. The Kier molecular flexibility index (Phi) is 7.04.